The third-order valence-electron chi connectivity index (χ3n) is 21.5. The lowest BCUT2D eigenvalue weighted by atomic mass is 10.0. The van der Waals surface area contributed by atoms with Crippen molar-refractivity contribution in [2.24, 2.45) is 0 Å². The normalized spacial score (nSPS) is 14.5. The molecule has 18 heteroatoms. The lowest BCUT2D eigenvalue weighted by Gasteiger charge is -2.21. The van der Waals surface area contributed by atoms with Gasteiger partial charge in [-0.15, -0.1) is 0 Å². The van der Waals surface area contributed by atoms with Gasteiger partial charge < -0.3 is 34.2 Å². The molecule has 0 bridgehead atoms. The summed E-state index contributed by atoms with van der Waals surface area (Å²) in [6, 6.07) is 0. The zero-order chi connectivity index (χ0) is 93.5. The Balaban J connectivity index is 4.62. The number of hydrogen-bond donors (Lipinski definition) is 4. The highest BCUT2D eigenvalue weighted by molar-refractivity contribution is 7.47. The van der Waals surface area contributed by atoms with Gasteiger partial charge in [-0.1, -0.05) is 439 Å². The molecule has 0 aliphatic carbocycles. The maximum absolute atomic E-state index is 13.1. The number of allylic oxidation sites excluding steroid dienone is 34. The van der Waals surface area contributed by atoms with Crippen LogP contribution in [0.4, 0.5) is 0 Å². The van der Waals surface area contributed by atoms with Crippen molar-refractivity contribution in [1.29, 1.82) is 0 Å². The Kier molecular flexibility index (Phi) is 96.5. The van der Waals surface area contributed by atoms with Crippen LogP contribution < -0.4 is 0 Å². The summed E-state index contributed by atoms with van der Waals surface area (Å²) in [7, 11) is -9.83. The number of ether oxygens (including phenoxy) is 3. The number of rotatable bonds is 96. The second-order valence-corrected chi connectivity index (χ2v) is 36.8. The Labute approximate surface area is 788 Å². The van der Waals surface area contributed by atoms with Crippen molar-refractivity contribution in [1.82, 2.24) is 0 Å². The van der Waals surface area contributed by atoms with E-state index >= 15 is 0 Å². The molecule has 0 saturated carbocycles. The number of phosphoric ester groups is 2. The van der Waals surface area contributed by atoms with Gasteiger partial charge in [0.2, 0.25) is 0 Å². The van der Waals surface area contributed by atoms with Crippen molar-refractivity contribution < 1.29 is 75.8 Å². The van der Waals surface area contributed by atoms with Crippen LogP contribution in [0.5, 0.6) is 0 Å². The first kappa shape index (κ1) is 123. The van der Waals surface area contributed by atoms with Gasteiger partial charge >= 0.3 is 33.6 Å². The van der Waals surface area contributed by atoms with Gasteiger partial charge in [0.25, 0.3) is 0 Å². The number of phosphoric acid groups is 2. The highest BCUT2D eigenvalue weighted by atomic mass is 31.2. The zero-order valence-corrected chi connectivity index (χ0v) is 83.3. The fraction of sp³-hybridized carbons (Fsp3) is 0.667. The molecule has 5 unspecified atom stereocenters. The van der Waals surface area contributed by atoms with Crippen molar-refractivity contribution in [2.45, 2.75) is 437 Å². The van der Waals surface area contributed by atoms with Crippen LogP contribution in [-0.2, 0) is 55.8 Å². The molecule has 0 aromatic carbocycles. The van der Waals surface area contributed by atoms with Crippen LogP contribution >= 0.6 is 15.6 Å². The zero-order valence-electron chi connectivity index (χ0n) is 81.5. The molecule has 0 fully saturated rings. The number of aliphatic hydroxyl groups excluding tert-OH is 2. The molecule has 0 aliphatic heterocycles. The average molecular weight is 1840 g/mol. The molecule has 5 atom stereocenters. The number of aliphatic hydroxyl groups is 2. The Bertz CT molecular complexity index is 3180. The van der Waals surface area contributed by atoms with Crippen molar-refractivity contribution in [3.8, 4) is 0 Å². The Morgan fingerprint density at radius 2 is 0.388 bits per heavy atom. The molecular formula is C111H186O16P2. The predicted octanol–water partition coefficient (Wildman–Crippen LogP) is 32.7. The van der Waals surface area contributed by atoms with Crippen molar-refractivity contribution >= 4 is 33.6 Å². The van der Waals surface area contributed by atoms with Crippen LogP contribution in [0.25, 0.3) is 0 Å². The molecule has 0 amide bonds. The molecular weight excluding hydrogens is 1650 g/mol. The molecule has 16 nitrogen and oxygen atoms in total. The average Bonchev–Trinajstić information content (AvgIpc) is 0.898. The second kappa shape index (κ2) is 101. The number of hydrogen-bond acceptors (Lipinski definition) is 14. The standard InChI is InChI=1S/C111H186O16P2/c1-4-7-10-13-16-19-22-25-28-31-34-37-40-43-46-49-50-51-52-53-54-57-59-61-64-67-70-73-76-79-82-85-88-91-94-97-109(114)121-100-106(112)101-123-128(117,118)124-102-107(113)103-125-129(119,120)126-105-108(127-111(116)99-96-93-90-87-84-81-78-75-72-69-66-63-60-56-48-45-42-39-36-33-30-27-24-21-18-15-12-9-6-3)104-122-110(115)98-95-92-89-86-83-80-77-74-71-68-65-62-58-55-47-44-41-38-35-32-29-26-23-20-17-14-11-8-5-2/h7-12,16-21,25-30,34-39,43-48,50-51,58,62,106-108,112-113H,4-6,13-15,22-24,31-33,40-42,49,52-57,59-61,63-105H2,1-3H3,(H,117,118)(H,119,120)/b10-7-,11-8-,12-9-,19-16-,20-17-,21-18-,28-25-,29-26-,30-27-,37-34-,38-35-,39-36-,46-43-,47-44-,48-45-,51-50-,62-58-. The second-order valence-electron chi connectivity index (χ2n) is 33.8. The summed E-state index contributed by atoms with van der Waals surface area (Å²) in [6.45, 7) is 2.39. The molecule has 0 heterocycles. The van der Waals surface area contributed by atoms with E-state index in [1.165, 1.54) is 167 Å². The van der Waals surface area contributed by atoms with E-state index in [9.17, 15) is 43.5 Å². The third kappa shape index (κ3) is 102. The summed E-state index contributed by atoms with van der Waals surface area (Å²) in [5.41, 5.74) is 0. The summed E-state index contributed by atoms with van der Waals surface area (Å²) >= 11 is 0. The summed E-state index contributed by atoms with van der Waals surface area (Å²) in [5, 5.41) is 20.8. The van der Waals surface area contributed by atoms with Crippen LogP contribution in [0.2, 0.25) is 0 Å². The molecule has 129 heavy (non-hydrogen) atoms. The van der Waals surface area contributed by atoms with Gasteiger partial charge in [-0.25, -0.2) is 9.13 Å². The van der Waals surface area contributed by atoms with Gasteiger partial charge in [0, 0.05) is 19.3 Å². The van der Waals surface area contributed by atoms with Crippen LogP contribution in [0.15, 0.2) is 207 Å². The van der Waals surface area contributed by atoms with E-state index in [1.54, 1.807) is 0 Å². The van der Waals surface area contributed by atoms with E-state index in [1.807, 2.05) is 0 Å². The number of esters is 3. The summed E-state index contributed by atoms with van der Waals surface area (Å²) < 4.78 is 61.7. The largest absolute Gasteiger partial charge is 0.472 e. The number of carbonyl (C=O) groups excluding carboxylic acids is 3. The van der Waals surface area contributed by atoms with E-state index in [4.69, 9.17) is 32.3 Å². The summed E-state index contributed by atoms with van der Waals surface area (Å²) in [5.74, 6) is -1.57. The van der Waals surface area contributed by atoms with Gasteiger partial charge in [0.05, 0.1) is 26.4 Å². The van der Waals surface area contributed by atoms with Crippen molar-refractivity contribution in [3.05, 3.63) is 207 Å². The third-order valence-corrected chi connectivity index (χ3v) is 23.4. The van der Waals surface area contributed by atoms with Crippen molar-refractivity contribution in [2.75, 3.05) is 39.6 Å². The van der Waals surface area contributed by atoms with E-state index < -0.39 is 91.5 Å². The molecule has 0 aromatic heterocycles. The number of unbranched alkanes of at least 4 members (excludes halogenated alkanes) is 39. The van der Waals surface area contributed by atoms with Crippen LogP contribution in [0.3, 0.4) is 0 Å². The molecule has 0 radical (unpaired) electrons. The van der Waals surface area contributed by atoms with Crippen LogP contribution in [0, 0.1) is 0 Å². The van der Waals surface area contributed by atoms with Gasteiger partial charge in [0.15, 0.2) is 6.10 Å². The first-order chi connectivity index (χ1) is 63.2. The predicted molar refractivity (Wildman–Crippen MR) is 546 cm³/mol. The minimum atomic E-state index is -4.95. The first-order valence-electron chi connectivity index (χ1n) is 51.4. The molecule has 0 aliphatic rings. The van der Waals surface area contributed by atoms with E-state index in [0.717, 1.165) is 193 Å². The van der Waals surface area contributed by atoms with Gasteiger partial charge in [-0.05, 0) is 167 Å². The van der Waals surface area contributed by atoms with Gasteiger partial charge in [0.1, 0.15) is 25.4 Å². The molecule has 0 rings (SSSR count). The van der Waals surface area contributed by atoms with E-state index in [-0.39, 0.29) is 19.3 Å². The maximum atomic E-state index is 13.1. The quantitative estimate of drug-likeness (QED) is 0.0146. The fourth-order valence-electron chi connectivity index (χ4n) is 13.8. The lowest BCUT2D eigenvalue weighted by molar-refractivity contribution is -0.161. The SMILES string of the molecule is CC/C=C\C/C=C\C/C=C\C/C=C\C/C=C\C/C=C\CCCCCCCCCCCCCCCCCCC(=O)OCC(O)COP(=O)(O)OCC(O)COP(=O)(O)OCC(COC(=O)CCCCCCCCCCCC/C=C\C/C=C\C/C=C\C/C=C\C/C=C\C/C=C\CC)OC(=O)CCCCCCCCCCCCCCC/C=C\C/C=C\C/C=C\C/C=C\C/C=C\CC. The maximum Gasteiger partial charge on any atom is 0.472 e. The number of carbonyl (C=O) groups is 3. The lowest BCUT2D eigenvalue weighted by Crippen LogP contribution is -2.30. The van der Waals surface area contributed by atoms with Gasteiger partial charge in [-0.3, -0.25) is 32.5 Å². The van der Waals surface area contributed by atoms with Crippen LogP contribution in [0.1, 0.15) is 419 Å². The molecule has 736 valence electrons. The minimum Gasteiger partial charge on any atom is -0.463 e. The van der Waals surface area contributed by atoms with E-state index in [0.29, 0.717) is 19.3 Å². The van der Waals surface area contributed by atoms with Gasteiger partial charge in [-0.2, -0.15) is 0 Å². The highest BCUT2D eigenvalue weighted by Gasteiger charge is 2.30. The topological polar surface area (TPSA) is 231 Å². The van der Waals surface area contributed by atoms with Crippen LogP contribution in [-0.4, -0.2) is 95.9 Å². The molecule has 0 spiro atoms. The smallest absolute Gasteiger partial charge is 0.463 e. The highest BCUT2D eigenvalue weighted by Crippen LogP contribution is 2.45. The van der Waals surface area contributed by atoms with E-state index in [2.05, 4.69) is 227 Å². The Morgan fingerprint density at radius 1 is 0.217 bits per heavy atom. The minimum absolute atomic E-state index is 0.0963. The first-order valence-corrected chi connectivity index (χ1v) is 54.4. The molecule has 0 saturated heterocycles. The van der Waals surface area contributed by atoms with Crippen molar-refractivity contribution in [3.63, 3.8) is 0 Å². The molecule has 4 N–H and O–H groups in total. The monoisotopic (exact) mass is 1840 g/mol. The summed E-state index contributed by atoms with van der Waals surface area (Å²) in [6.07, 6.45) is 137. The fourth-order valence-corrected chi connectivity index (χ4v) is 15.4. The summed E-state index contributed by atoms with van der Waals surface area (Å²) in [4.78, 5) is 59.2. The molecule has 0 aromatic rings. The Hall–Kier alpha value is -5.87. The Morgan fingerprint density at radius 3 is 0.612 bits per heavy atom.